The number of nitrogens with one attached hydrogen (secondary N) is 2. The van der Waals surface area contributed by atoms with Gasteiger partial charge in [0.25, 0.3) is 0 Å². The van der Waals surface area contributed by atoms with Crippen LogP contribution in [0.2, 0.25) is 0 Å². The molecule has 0 saturated heterocycles. The largest absolute Gasteiger partial charge is 0.495 e. The van der Waals surface area contributed by atoms with Gasteiger partial charge < -0.3 is 24.1 Å². The zero-order chi connectivity index (χ0) is 22.5. The molecule has 1 atom stereocenters. The van der Waals surface area contributed by atoms with E-state index in [4.69, 9.17) is 18.7 Å². The van der Waals surface area contributed by atoms with Gasteiger partial charge in [0.2, 0.25) is 0 Å². The van der Waals surface area contributed by atoms with Crippen LogP contribution in [0.5, 0.6) is 17.2 Å². The van der Waals surface area contributed by atoms with Crippen LogP contribution in [0, 0.1) is 0 Å². The second-order valence-electron chi connectivity index (χ2n) is 8.01. The fraction of sp³-hybridized carbons (Fsp3) is 0.348. The standard InChI is InChI=1S/C23H25N3O5S/c1-24-16-11-15-13(10-19(16)30-4)20-14(12-23(15)8-9-23)22(25-31-20)26-32(27)21-17(28-2)6-5-7-18(21)29-3/h5-7,10-11,24H,8-9,12H2,1-4H3,(H,25,26). The molecule has 2 aliphatic rings. The first-order valence-corrected chi connectivity index (χ1v) is 11.5. The van der Waals surface area contributed by atoms with Gasteiger partial charge >= 0.3 is 0 Å². The number of anilines is 2. The lowest BCUT2D eigenvalue weighted by molar-refractivity contribution is 0.375. The molecule has 1 saturated carbocycles. The molecule has 2 aromatic carbocycles. The Hall–Kier alpha value is -3.20. The van der Waals surface area contributed by atoms with Crippen molar-refractivity contribution in [1.29, 1.82) is 0 Å². The lowest BCUT2D eigenvalue weighted by atomic mass is 9.79. The van der Waals surface area contributed by atoms with E-state index in [0.29, 0.717) is 28.0 Å². The van der Waals surface area contributed by atoms with Crippen molar-refractivity contribution in [3.63, 3.8) is 0 Å². The van der Waals surface area contributed by atoms with Gasteiger partial charge in [0.05, 0.1) is 27.0 Å². The van der Waals surface area contributed by atoms with Crippen molar-refractivity contribution in [2.45, 2.75) is 29.6 Å². The van der Waals surface area contributed by atoms with E-state index < -0.39 is 11.0 Å². The fourth-order valence-electron chi connectivity index (χ4n) is 4.51. The van der Waals surface area contributed by atoms with Crippen molar-refractivity contribution < 1.29 is 22.9 Å². The summed E-state index contributed by atoms with van der Waals surface area (Å²) in [5.41, 5.74) is 4.14. The van der Waals surface area contributed by atoms with Crippen molar-refractivity contribution in [1.82, 2.24) is 5.16 Å². The number of hydrogen-bond acceptors (Lipinski definition) is 7. The lowest BCUT2D eigenvalue weighted by Crippen LogP contribution is -2.19. The lowest BCUT2D eigenvalue weighted by Gasteiger charge is -2.26. The third kappa shape index (κ3) is 3.10. The van der Waals surface area contributed by atoms with Crippen LogP contribution in [0.25, 0.3) is 11.3 Å². The van der Waals surface area contributed by atoms with Crippen LogP contribution in [-0.2, 0) is 22.8 Å². The molecule has 3 aromatic rings. The molecule has 1 fully saturated rings. The summed E-state index contributed by atoms with van der Waals surface area (Å²) in [5.74, 6) is 2.84. The van der Waals surface area contributed by atoms with Gasteiger partial charge in [0.15, 0.2) is 22.6 Å². The Morgan fingerprint density at radius 3 is 2.34 bits per heavy atom. The highest BCUT2D eigenvalue weighted by Crippen LogP contribution is 2.59. The van der Waals surface area contributed by atoms with E-state index in [-0.39, 0.29) is 5.41 Å². The number of nitrogens with zero attached hydrogens (tertiary/aromatic N) is 1. The summed E-state index contributed by atoms with van der Waals surface area (Å²) in [5, 5.41) is 7.46. The summed E-state index contributed by atoms with van der Waals surface area (Å²) in [4.78, 5) is 0.423. The average molecular weight is 456 g/mol. The van der Waals surface area contributed by atoms with Gasteiger partial charge in [-0.15, -0.1) is 0 Å². The molecular formula is C23H25N3O5S. The molecule has 1 aromatic heterocycles. The van der Waals surface area contributed by atoms with Gasteiger partial charge in [-0.1, -0.05) is 11.2 Å². The van der Waals surface area contributed by atoms with Gasteiger partial charge in [-0.05, 0) is 49.1 Å². The SMILES string of the molecule is CNc1cc2c(cc1OC)-c1onc(NS(=O)c3c(OC)cccc3OC)c1CC21CC1. The molecule has 8 nitrogen and oxygen atoms in total. The van der Waals surface area contributed by atoms with E-state index in [2.05, 4.69) is 21.3 Å². The molecule has 9 heteroatoms. The van der Waals surface area contributed by atoms with Gasteiger partial charge in [-0.2, -0.15) is 0 Å². The van der Waals surface area contributed by atoms with Crippen LogP contribution in [0.1, 0.15) is 24.0 Å². The normalized spacial score (nSPS) is 16.0. The number of benzene rings is 2. The van der Waals surface area contributed by atoms with Gasteiger partial charge in [-0.3, -0.25) is 4.72 Å². The van der Waals surface area contributed by atoms with Crippen molar-refractivity contribution in [3.8, 4) is 28.6 Å². The molecule has 0 aliphatic heterocycles. The maximum absolute atomic E-state index is 13.3. The zero-order valence-corrected chi connectivity index (χ0v) is 19.2. The number of aromatic nitrogens is 1. The highest BCUT2D eigenvalue weighted by molar-refractivity contribution is 7.86. The molecule has 5 rings (SSSR count). The smallest absolute Gasteiger partial charge is 0.185 e. The fourth-order valence-corrected chi connectivity index (χ4v) is 5.61. The number of ether oxygens (including phenoxy) is 3. The number of fused-ring (bicyclic) bond motifs is 4. The van der Waals surface area contributed by atoms with Gasteiger partial charge in [0, 0.05) is 23.6 Å². The predicted octanol–water partition coefficient (Wildman–Crippen LogP) is 4.13. The average Bonchev–Trinajstić information content (AvgIpc) is 3.49. The summed E-state index contributed by atoms with van der Waals surface area (Å²) in [6, 6.07) is 9.43. The Bertz CT molecular complexity index is 1200. The first-order chi connectivity index (χ1) is 15.5. The molecule has 0 radical (unpaired) electrons. The maximum Gasteiger partial charge on any atom is 0.185 e. The Kier molecular flexibility index (Phi) is 5.00. The van der Waals surface area contributed by atoms with E-state index in [1.54, 1.807) is 25.3 Å². The van der Waals surface area contributed by atoms with Crippen molar-refractivity contribution in [2.75, 3.05) is 38.4 Å². The van der Waals surface area contributed by atoms with Crippen LogP contribution in [0.15, 0.2) is 39.8 Å². The van der Waals surface area contributed by atoms with Crippen molar-refractivity contribution in [2.24, 2.45) is 0 Å². The molecule has 1 unspecified atom stereocenters. The van der Waals surface area contributed by atoms with E-state index in [1.165, 1.54) is 19.8 Å². The Morgan fingerprint density at radius 1 is 1.06 bits per heavy atom. The molecule has 1 heterocycles. The summed E-state index contributed by atoms with van der Waals surface area (Å²) in [6.07, 6.45) is 2.95. The highest BCUT2D eigenvalue weighted by atomic mass is 32.2. The van der Waals surface area contributed by atoms with E-state index in [0.717, 1.165) is 41.8 Å². The molecule has 1 spiro atoms. The first kappa shape index (κ1) is 20.7. The first-order valence-electron chi connectivity index (χ1n) is 10.3. The van der Waals surface area contributed by atoms with Crippen LogP contribution < -0.4 is 24.2 Å². The van der Waals surface area contributed by atoms with Crippen LogP contribution in [0.4, 0.5) is 11.5 Å². The second kappa shape index (κ2) is 7.74. The monoisotopic (exact) mass is 455 g/mol. The topological polar surface area (TPSA) is 94.9 Å². The molecule has 0 bridgehead atoms. The Balaban J connectivity index is 1.56. The van der Waals surface area contributed by atoms with Crippen LogP contribution in [0.3, 0.4) is 0 Å². The van der Waals surface area contributed by atoms with E-state index in [1.807, 2.05) is 13.1 Å². The summed E-state index contributed by atoms with van der Waals surface area (Å²) in [6.45, 7) is 0. The molecule has 168 valence electrons. The van der Waals surface area contributed by atoms with Gasteiger partial charge in [-0.25, -0.2) is 4.21 Å². The molecule has 0 amide bonds. The zero-order valence-electron chi connectivity index (χ0n) is 18.4. The molecule has 2 N–H and O–H groups in total. The third-order valence-electron chi connectivity index (χ3n) is 6.34. The summed E-state index contributed by atoms with van der Waals surface area (Å²) >= 11 is 0. The molecule has 2 aliphatic carbocycles. The number of rotatable bonds is 7. The number of methoxy groups -OCH3 is 3. The number of hydrogen-bond donors (Lipinski definition) is 2. The summed E-state index contributed by atoms with van der Waals surface area (Å²) < 4.78 is 38.5. The minimum atomic E-state index is -1.66. The Labute approximate surface area is 188 Å². The Morgan fingerprint density at radius 2 is 1.75 bits per heavy atom. The second-order valence-corrected chi connectivity index (χ2v) is 9.16. The van der Waals surface area contributed by atoms with E-state index >= 15 is 0 Å². The highest BCUT2D eigenvalue weighted by Gasteiger charge is 2.51. The van der Waals surface area contributed by atoms with Crippen LogP contribution in [-0.4, -0.2) is 37.7 Å². The van der Waals surface area contributed by atoms with Crippen LogP contribution >= 0.6 is 0 Å². The third-order valence-corrected chi connectivity index (χ3v) is 7.49. The minimum Gasteiger partial charge on any atom is -0.495 e. The molecule has 32 heavy (non-hydrogen) atoms. The minimum absolute atomic E-state index is 0.0474. The maximum atomic E-state index is 13.3. The van der Waals surface area contributed by atoms with Crippen molar-refractivity contribution in [3.05, 3.63) is 41.5 Å². The quantitative estimate of drug-likeness (QED) is 0.553. The molecular weight excluding hydrogens is 430 g/mol. The van der Waals surface area contributed by atoms with E-state index in [9.17, 15) is 4.21 Å². The summed E-state index contributed by atoms with van der Waals surface area (Å²) in [7, 11) is 4.94. The van der Waals surface area contributed by atoms with Gasteiger partial charge in [0.1, 0.15) is 22.1 Å². The van der Waals surface area contributed by atoms with Crippen molar-refractivity contribution >= 4 is 22.5 Å². The predicted molar refractivity (Wildman–Crippen MR) is 122 cm³/mol.